The molecule has 14 heavy (non-hydrogen) atoms. The van der Waals surface area contributed by atoms with Crippen molar-refractivity contribution in [3.05, 3.63) is 27.2 Å². The van der Waals surface area contributed by atoms with Crippen LogP contribution in [0.3, 0.4) is 0 Å². The van der Waals surface area contributed by atoms with Gasteiger partial charge in [0.05, 0.1) is 4.47 Å². The molecule has 78 valence electrons. The van der Waals surface area contributed by atoms with E-state index in [1.807, 2.05) is 6.92 Å². The predicted molar refractivity (Wildman–Crippen MR) is 62.8 cm³/mol. The molecular weight excluding hydrogens is 265 g/mol. The minimum Gasteiger partial charge on any atom is -0.506 e. The summed E-state index contributed by atoms with van der Waals surface area (Å²) < 4.78 is 0.614. The van der Waals surface area contributed by atoms with Crippen LogP contribution in [-0.4, -0.2) is 11.1 Å². The van der Waals surface area contributed by atoms with Crippen LogP contribution in [0.5, 0.6) is 5.75 Å². The van der Waals surface area contributed by atoms with E-state index in [0.29, 0.717) is 15.9 Å². The van der Waals surface area contributed by atoms with Crippen LogP contribution >= 0.6 is 27.5 Å². The zero-order chi connectivity index (χ0) is 10.7. The predicted octanol–water partition coefficient (Wildman–Crippen LogP) is 3.09. The molecule has 0 saturated heterocycles. The van der Waals surface area contributed by atoms with Crippen LogP contribution in [0.2, 0.25) is 5.02 Å². The molecule has 0 aliphatic carbocycles. The summed E-state index contributed by atoms with van der Waals surface area (Å²) >= 11 is 9.10. The van der Waals surface area contributed by atoms with E-state index in [4.69, 9.17) is 17.3 Å². The lowest BCUT2D eigenvalue weighted by Crippen LogP contribution is -2.21. The SMILES string of the molecule is CCC(N)Cc1cc(Cl)cc(Br)c1O. The van der Waals surface area contributed by atoms with E-state index < -0.39 is 0 Å². The normalized spacial score (nSPS) is 12.9. The lowest BCUT2D eigenvalue weighted by Gasteiger charge is -2.11. The van der Waals surface area contributed by atoms with Crippen molar-refractivity contribution in [1.29, 1.82) is 0 Å². The molecule has 1 atom stereocenters. The van der Waals surface area contributed by atoms with Gasteiger partial charge in [-0.05, 0) is 46.5 Å². The Hall–Kier alpha value is -0.250. The van der Waals surface area contributed by atoms with Crippen molar-refractivity contribution in [1.82, 2.24) is 0 Å². The van der Waals surface area contributed by atoms with Crippen molar-refractivity contribution in [2.24, 2.45) is 5.73 Å². The minimum absolute atomic E-state index is 0.0614. The van der Waals surface area contributed by atoms with E-state index in [9.17, 15) is 5.11 Å². The zero-order valence-electron chi connectivity index (χ0n) is 7.93. The molecule has 0 amide bonds. The van der Waals surface area contributed by atoms with Crippen molar-refractivity contribution in [3.8, 4) is 5.75 Å². The van der Waals surface area contributed by atoms with E-state index in [0.717, 1.165) is 12.0 Å². The molecule has 2 nitrogen and oxygen atoms in total. The molecule has 4 heteroatoms. The number of nitrogens with two attached hydrogens (primary N) is 1. The maximum absolute atomic E-state index is 9.71. The Labute approximate surface area is 97.2 Å². The van der Waals surface area contributed by atoms with Gasteiger partial charge in [0.2, 0.25) is 0 Å². The molecular formula is C10H13BrClNO. The van der Waals surface area contributed by atoms with Crippen molar-refractivity contribution >= 4 is 27.5 Å². The summed E-state index contributed by atoms with van der Waals surface area (Å²) in [5.74, 6) is 0.235. The highest BCUT2D eigenvalue weighted by molar-refractivity contribution is 9.10. The van der Waals surface area contributed by atoms with Gasteiger partial charge < -0.3 is 10.8 Å². The van der Waals surface area contributed by atoms with Gasteiger partial charge in [0, 0.05) is 11.1 Å². The Morgan fingerprint density at radius 1 is 1.57 bits per heavy atom. The number of aromatic hydroxyl groups is 1. The van der Waals surface area contributed by atoms with Crippen LogP contribution in [0.15, 0.2) is 16.6 Å². The Balaban J connectivity index is 2.96. The van der Waals surface area contributed by atoms with Crippen molar-refractivity contribution in [2.45, 2.75) is 25.8 Å². The second-order valence-corrected chi connectivity index (χ2v) is 4.56. The zero-order valence-corrected chi connectivity index (χ0v) is 10.3. The van der Waals surface area contributed by atoms with Crippen LogP contribution in [0.1, 0.15) is 18.9 Å². The van der Waals surface area contributed by atoms with E-state index in [-0.39, 0.29) is 11.8 Å². The van der Waals surface area contributed by atoms with Crippen LogP contribution < -0.4 is 5.73 Å². The average Bonchev–Trinajstić information content (AvgIpc) is 2.13. The van der Waals surface area contributed by atoms with E-state index in [1.165, 1.54) is 0 Å². The molecule has 1 unspecified atom stereocenters. The summed E-state index contributed by atoms with van der Waals surface area (Å²) in [6.45, 7) is 2.02. The largest absolute Gasteiger partial charge is 0.506 e. The summed E-state index contributed by atoms with van der Waals surface area (Å²) in [7, 11) is 0. The molecule has 0 aromatic heterocycles. The quantitative estimate of drug-likeness (QED) is 0.892. The highest BCUT2D eigenvalue weighted by atomic mass is 79.9. The summed E-state index contributed by atoms with van der Waals surface area (Å²) in [5, 5.41) is 10.3. The molecule has 0 saturated carbocycles. The third kappa shape index (κ3) is 2.87. The molecule has 0 radical (unpaired) electrons. The minimum atomic E-state index is 0.0614. The van der Waals surface area contributed by atoms with Gasteiger partial charge >= 0.3 is 0 Å². The van der Waals surface area contributed by atoms with Gasteiger partial charge in [-0.2, -0.15) is 0 Å². The van der Waals surface area contributed by atoms with Crippen molar-refractivity contribution in [2.75, 3.05) is 0 Å². The van der Waals surface area contributed by atoms with Gasteiger partial charge in [-0.3, -0.25) is 0 Å². The van der Waals surface area contributed by atoms with Gasteiger partial charge in [0.15, 0.2) is 0 Å². The van der Waals surface area contributed by atoms with Gasteiger partial charge in [-0.1, -0.05) is 18.5 Å². The standard InChI is InChI=1S/C10H13BrClNO/c1-2-8(13)4-6-3-7(12)5-9(11)10(6)14/h3,5,8,14H,2,4,13H2,1H3. The Morgan fingerprint density at radius 3 is 2.79 bits per heavy atom. The first-order chi connectivity index (χ1) is 6.54. The Kier molecular flexibility index (Phi) is 4.23. The molecule has 1 aromatic carbocycles. The average molecular weight is 279 g/mol. The number of rotatable bonds is 3. The molecule has 1 aromatic rings. The molecule has 1 rings (SSSR count). The summed E-state index contributed by atoms with van der Waals surface area (Å²) in [6.07, 6.45) is 1.52. The van der Waals surface area contributed by atoms with E-state index in [1.54, 1.807) is 12.1 Å². The van der Waals surface area contributed by atoms with Crippen LogP contribution in [0, 0.1) is 0 Å². The van der Waals surface area contributed by atoms with Crippen LogP contribution in [0.4, 0.5) is 0 Å². The van der Waals surface area contributed by atoms with Crippen molar-refractivity contribution < 1.29 is 5.11 Å². The van der Waals surface area contributed by atoms with Gasteiger partial charge in [0.1, 0.15) is 5.75 Å². The second kappa shape index (κ2) is 5.01. The summed E-state index contributed by atoms with van der Waals surface area (Å²) in [5.41, 5.74) is 6.60. The van der Waals surface area contributed by atoms with Gasteiger partial charge in [0.25, 0.3) is 0 Å². The first kappa shape index (κ1) is 11.8. The topological polar surface area (TPSA) is 46.2 Å². The molecule has 0 heterocycles. The molecule has 0 spiro atoms. The van der Waals surface area contributed by atoms with Crippen LogP contribution in [-0.2, 0) is 6.42 Å². The molecule has 0 aliphatic rings. The van der Waals surface area contributed by atoms with E-state index >= 15 is 0 Å². The Bertz CT molecular complexity index is 330. The first-order valence-electron chi connectivity index (χ1n) is 4.47. The molecule has 3 N–H and O–H groups in total. The fourth-order valence-electron chi connectivity index (χ4n) is 1.20. The fourth-order valence-corrected chi connectivity index (χ4v) is 2.08. The lowest BCUT2D eigenvalue weighted by molar-refractivity contribution is 0.460. The third-order valence-corrected chi connectivity index (χ3v) is 2.94. The maximum atomic E-state index is 9.71. The third-order valence-electron chi connectivity index (χ3n) is 2.11. The Morgan fingerprint density at radius 2 is 2.21 bits per heavy atom. The highest BCUT2D eigenvalue weighted by Gasteiger charge is 2.10. The number of hydrogen-bond donors (Lipinski definition) is 2. The number of benzene rings is 1. The maximum Gasteiger partial charge on any atom is 0.133 e. The first-order valence-corrected chi connectivity index (χ1v) is 5.64. The van der Waals surface area contributed by atoms with Crippen LogP contribution in [0.25, 0.3) is 0 Å². The monoisotopic (exact) mass is 277 g/mol. The second-order valence-electron chi connectivity index (χ2n) is 3.27. The summed E-state index contributed by atoms with van der Waals surface area (Å²) in [6, 6.07) is 3.47. The van der Waals surface area contributed by atoms with E-state index in [2.05, 4.69) is 15.9 Å². The molecule has 0 fully saturated rings. The lowest BCUT2D eigenvalue weighted by atomic mass is 10.0. The van der Waals surface area contributed by atoms with Gasteiger partial charge in [-0.25, -0.2) is 0 Å². The summed E-state index contributed by atoms with van der Waals surface area (Å²) in [4.78, 5) is 0. The fraction of sp³-hybridized carbons (Fsp3) is 0.400. The highest BCUT2D eigenvalue weighted by Crippen LogP contribution is 2.32. The number of phenols is 1. The molecule has 0 bridgehead atoms. The molecule has 0 aliphatic heterocycles. The number of phenolic OH excluding ortho intramolecular Hbond substituents is 1. The number of hydrogen-bond acceptors (Lipinski definition) is 2. The van der Waals surface area contributed by atoms with Gasteiger partial charge in [-0.15, -0.1) is 0 Å². The van der Waals surface area contributed by atoms with Crippen molar-refractivity contribution in [3.63, 3.8) is 0 Å². The smallest absolute Gasteiger partial charge is 0.133 e. The number of halogens is 2.